The molecule has 138 valence electrons. The van der Waals surface area contributed by atoms with Crippen LogP contribution in [0, 0.1) is 0 Å². The maximum absolute atomic E-state index is 12.2. The lowest BCUT2D eigenvalue weighted by atomic mass is 10.1. The van der Waals surface area contributed by atoms with Crippen LogP contribution in [-0.4, -0.2) is 23.9 Å². The summed E-state index contributed by atoms with van der Waals surface area (Å²) in [5.74, 6) is -0.0535. The number of hydrogen-bond acceptors (Lipinski definition) is 3. The van der Waals surface area contributed by atoms with Crippen LogP contribution < -0.4 is 11.1 Å². The smallest absolute Gasteiger partial charge is 0.251 e. The van der Waals surface area contributed by atoms with Gasteiger partial charge in [0, 0.05) is 25.2 Å². The Bertz CT molecular complexity index is 686. The van der Waals surface area contributed by atoms with Gasteiger partial charge in [-0.1, -0.05) is 49.2 Å². The Hall–Kier alpha value is -2.17. The van der Waals surface area contributed by atoms with Crippen LogP contribution in [-0.2, 0) is 19.6 Å². The van der Waals surface area contributed by atoms with Crippen LogP contribution in [0.25, 0.3) is 0 Å². The van der Waals surface area contributed by atoms with E-state index in [1.807, 2.05) is 24.3 Å². The maximum atomic E-state index is 12.2. The minimum absolute atomic E-state index is 0.0535. The highest BCUT2D eigenvalue weighted by atomic mass is 16.1. The molecular formula is C22H29N3O. The van der Waals surface area contributed by atoms with E-state index >= 15 is 0 Å². The Kier molecular flexibility index (Phi) is 6.81. The second kappa shape index (κ2) is 9.51. The normalized spacial score (nSPS) is 15.4. The minimum atomic E-state index is -0.0535. The first-order chi connectivity index (χ1) is 12.7. The van der Waals surface area contributed by atoms with Crippen LogP contribution >= 0.6 is 0 Å². The molecule has 0 radical (unpaired) electrons. The van der Waals surface area contributed by atoms with Gasteiger partial charge >= 0.3 is 0 Å². The second-order valence-electron chi connectivity index (χ2n) is 7.09. The van der Waals surface area contributed by atoms with Crippen LogP contribution in [0.3, 0.4) is 0 Å². The summed E-state index contributed by atoms with van der Waals surface area (Å²) in [6.07, 6.45) is 5.36. The molecule has 0 bridgehead atoms. The number of nitrogens with two attached hydrogens (primary N) is 1. The van der Waals surface area contributed by atoms with E-state index in [0.29, 0.717) is 18.7 Å². The number of carbonyl (C=O) groups is 1. The molecule has 1 amide bonds. The minimum Gasteiger partial charge on any atom is -0.348 e. The molecule has 0 spiro atoms. The van der Waals surface area contributed by atoms with Crippen molar-refractivity contribution in [3.8, 4) is 0 Å². The van der Waals surface area contributed by atoms with Crippen LogP contribution in [0.1, 0.15) is 52.7 Å². The zero-order valence-electron chi connectivity index (χ0n) is 15.4. The molecule has 2 aromatic carbocycles. The zero-order valence-corrected chi connectivity index (χ0v) is 15.4. The maximum Gasteiger partial charge on any atom is 0.251 e. The standard InChI is InChI=1S/C22H29N3O/c23-15-18-9-11-21(12-10-18)22(26)24-16-19-5-7-20(8-6-19)17-25-13-3-1-2-4-14-25/h5-12H,1-4,13-17,23H2,(H,24,26). The summed E-state index contributed by atoms with van der Waals surface area (Å²) in [6, 6.07) is 16.0. The van der Waals surface area contributed by atoms with Crippen molar-refractivity contribution in [3.05, 3.63) is 70.8 Å². The first-order valence-corrected chi connectivity index (χ1v) is 9.62. The number of nitrogens with zero attached hydrogens (tertiary/aromatic N) is 1. The Labute approximate surface area is 156 Å². The first-order valence-electron chi connectivity index (χ1n) is 9.62. The lowest BCUT2D eigenvalue weighted by molar-refractivity contribution is 0.0951. The van der Waals surface area contributed by atoms with Gasteiger partial charge in [0.25, 0.3) is 5.91 Å². The fourth-order valence-corrected chi connectivity index (χ4v) is 3.39. The average molecular weight is 351 g/mol. The number of rotatable bonds is 6. The van der Waals surface area contributed by atoms with Crippen molar-refractivity contribution in [3.63, 3.8) is 0 Å². The van der Waals surface area contributed by atoms with Gasteiger partial charge in [-0.15, -0.1) is 0 Å². The van der Waals surface area contributed by atoms with Crippen LogP contribution in [0.4, 0.5) is 0 Å². The topological polar surface area (TPSA) is 58.4 Å². The summed E-state index contributed by atoms with van der Waals surface area (Å²) in [4.78, 5) is 14.8. The highest BCUT2D eigenvalue weighted by Crippen LogP contribution is 2.14. The largest absolute Gasteiger partial charge is 0.348 e. The Morgan fingerprint density at radius 3 is 2.04 bits per heavy atom. The number of amides is 1. The van der Waals surface area contributed by atoms with Gasteiger partial charge in [-0.25, -0.2) is 0 Å². The highest BCUT2D eigenvalue weighted by Gasteiger charge is 2.09. The molecule has 26 heavy (non-hydrogen) atoms. The molecule has 1 fully saturated rings. The van der Waals surface area contributed by atoms with Crippen molar-refractivity contribution < 1.29 is 4.79 Å². The van der Waals surface area contributed by atoms with Gasteiger partial charge in [-0.2, -0.15) is 0 Å². The van der Waals surface area contributed by atoms with E-state index < -0.39 is 0 Å². The van der Waals surface area contributed by atoms with Crippen molar-refractivity contribution in [2.45, 2.75) is 45.3 Å². The van der Waals surface area contributed by atoms with E-state index in [0.717, 1.165) is 17.7 Å². The molecule has 0 atom stereocenters. The molecule has 0 aliphatic carbocycles. The monoisotopic (exact) mass is 351 g/mol. The summed E-state index contributed by atoms with van der Waals surface area (Å²) < 4.78 is 0. The third kappa shape index (κ3) is 5.41. The van der Waals surface area contributed by atoms with Crippen molar-refractivity contribution in [2.75, 3.05) is 13.1 Å². The van der Waals surface area contributed by atoms with Gasteiger partial charge in [0.2, 0.25) is 0 Å². The molecule has 1 heterocycles. The van der Waals surface area contributed by atoms with Crippen LogP contribution in [0.15, 0.2) is 48.5 Å². The van der Waals surface area contributed by atoms with E-state index in [2.05, 4.69) is 34.5 Å². The molecule has 0 saturated carbocycles. The first kappa shape index (κ1) is 18.6. The Morgan fingerprint density at radius 2 is 1.42 bits per heavy atom. The van der Waals surface area contributed by atoms with Crippen molar-refractivity contribution in [1.82, 2.24) is 10.2 Å². The molecule has 1 aliphatic heterocycles. The molecule has 0 aromatic heterocycles. The van der Waals surface area contributed by atoms with Crippen LogP contribution in [0.2, 0.25) is 0 Å². The Morgan fingerprint density at radius 1 is 0.846 bits per heavy atom. The van der Waals surface area contributed by atoms with Crippen molar-refractivity contribution in [2.24, 2.45) is 5.73 Å². The quantitative estimate of drug-likeness (QED) is 0.838. The van der Waals surface area contributed by atoms with Crippen LogP contribution in [0.5, 0.6) is 0 Å². The van der Waals surface area contributed by atoms with E-state index in [1.165, 1.54) is 44.3 Å². The molecule has 4 nitrogen and oxygen atoms in total. The second-order valence-corrected chi connectivity index (χ2v) is 7.09. The predicted octanol–water partition coefficient (Wildman–Crippen LogP) is 3.45. The van der Waals surface area contributed by atoms with Crippen molar-refractivity contribution in [1.29, 1.82) is 0 Å². The molecule has 0 unspecified atom stereocenters. The molecular weight excluding hydrogens is 322 g/mol. The number of nitrogens with one attached hydrogen (secondary N) is 1. The summed E-state index contributed by atoms with van der Waals surface area (Å²) in [6.45, 7) is 4.48. The molecule has 4 heteroatoms. The van der Waals surface area contributed by atoms with E-state index in [9.17, 15) is 4.79 Å². The summed E-state index contributed by atoms with van der Waals surface area (Å²) >= 11 is 0. The average Bonchev–Trinajstić information content (AvgIpc) is 2.96. The lowest BCUT2D eigenvalue weighted by Crippen LogP contribution is -2.24. The summed E-state index contributed by atoms with van der Waals surface area (Å²) in [5.41, 5.74) is 9.75. The number of hydrogen-bond donors (Lipinski definition) is 2. The molecule has 2 aromatic rings. The molecule has 1 saturated heterocycles. The molecule has 1 aliphatic rings. The summed E-state index contributed by atoms with van der Waals surface area (Å²) in [7, 11) is 0. The molecule has 3 N–H and O–H groups in total. The number of benzene rings is 2. The number of carbonyl (C=O) groups excluding carboxylic acids is 1. The fourth-order valence-electron chi connectivity index (χ4n) is 3.39. The van der Waals surface area contributed by atoms with Crippen molar-refractivity contribution >= 4 is 5.91 Å². The SMILES string of the molecule is NCc1ccc(C(=O)NCc2ccc(CN3CCCCCC3)cc2)cc1. The van der Waals surface area contributed by atoms with E-state index in [-0.39, 0.29) is 5.91 Å². The molecule has 3 rings (SSSR count). The highest BCUT2D eigenvalue weighted by molar-refractivity contribution is 5.94. The van der Waals surface area contributed by atoms with E-state index in [4.69, 9.17) is 5.73 Å². The van der Waals surface area contributed by atoms with Gasteiger partial charge < -0.3 is 11.1 Å². The van der Waals surface area contributed by atoms with Gasteiger partial charge in [0.15, 0.2) is 0 Å². The van der Waals surface area contributed by atoms with Gasteiger partial charge in [-0.3, -0.25) is 9.69 Å². The lowest BCUT2D eigenvalue weighted by Gasteiger charge is -2.19. The summed E-state index contributed by atoms with van der Waals surface area (Å²) in [5, 5.41) is 2.98. The third-order valence-corrected chi connectivity index (χ3v) is 5.03. The third-order valence-electron chi connectivity index (χ3n) is 5.03. The fraction of sp³-hybridized carbons (Fsp3) is 0.409. The number of likely N-dealkylation sites (tertiary alicyclic amines) is 1. The Balaban J connectivity index is 1.49. The van der Waals surface area contributed by atoms with Gasteiger partial charge in [0.1, 0.15) is 0 Å². The van der Waals surface area contributed by atoms with E-state index in [1.54, 1.807) is 0 Å². The van der Waals surface area contributed by atoms with Gasteiger partial charge in [0.05, 0.1) is 0 Å². The van der Waals surface area contributed by atoms with Gasteiger partial charge in [-0.05, 0) is 54.8 Å². The predicted molar refractivity (Wildman–Crippen MR) is 106 cm³/mol. The zero-order chi connectivity index (χ0) is 18.2.